The molecule has 3 N–H and O–H groups in total. The molecule has 0 saturated carbocycles. The lowest BCUT2D eigenvalue weighted by atomic mass is 10.1. The fourth-order valence-corrected chi connectivity index (χ4v) is 2.67. The summed E-state index contributed by atoms with van der Waals surface area (Å²) in [6.45, 7) is 4.73. The van der Waals surface area contributed by atoms with Crippen molar-refractivity contribution in [2.24, 2.45) is 5.73 Å². The summed E-state index contributed by atoms with van der Waals surface area (Å²) in [4.78, 5) is 15.6. The predicted molar refractivity (Wildman–Crippen MR) is 76.4 cm³/mol. The van der Waals surface area contributed by atoms with Gasteiger partial charge < -0.3 is 11.1 Å². The summed E-state index contributed by atoms with van der Waals surface area (Å²) in [5.74, 6) is 0.510. The van der Waals surface area contributed by atoms with Crippen LogP contribution in [0.5, 0.6) is 0 Å². The van der Waals surface area contributed by atoms with Crippen LogP contribution in [0.15, 0.2) is 24.5 Å². The summed E-state index contributed by atoms with van der Waals surface area (Å²) >= 11 is 1.58. The van der Waals surface area contributed by atoms with Crippen LogP contribution in [0.3, 0.4) is 0 Å². The average Bonchev–Trinajstić information content (AvgIpc) is 2.37. The highest BCUT2D eigenvalue weighted by molar-refractivity contribution is 8.00. The first kappa shape index (κ1) is 15.0. The number of carbonyl (C=O) groups excluding carboxylic acids is 1. The van der Waals surface area contributed by atoms with Gasteiger partial charge in [-0.2, -0.15) is 0 Å². The minimum absolute atomic E-state index is 0.00336. The first-order valence-electron chi connectivity index (χ1n) is 6.19. The van der Waals surface area contributed by atoms with E-state index < -0.39 is 0 Å². The molecule has 0 radical (unpaired) electrons. The van der Waals surface area contributed by atoms with Crippen LogP contribution < -0.4 is 11.1 Å². The first-order chi connectivity index (χ1) is 8.65. The molecule has 1 rings (SSSR count). The lowest BCUT2D eigenvalue weighted by Gasteiger charge is -2.20. The number of nitrogens with two attached hydrogens (primary N) is 1. The second-order valence-electron chi connectivity index (χ2n) is 4.22. The quantitative estimate of drug-likeness (QED) is 0.789. The molecule has 1 aromatic rings. The van der Waals surface area contributed by atoms with Crippen molar-refractivity contribution in [3.8, 4) is 0 Å². The Kier molecular flexibility index (Phi) is 6.75. The van der Waals surface area contributed by atoms with Gasteiger partial charge >= 0.3 is 0 Å². The van der Waals surface area contributed by atoms with E-state index in [-0.39, 0.29) is 17.2 Å². The Hall–Kier alpha value is -1.07. The maximum atomic E-state index is 11.6. The van der Waals surface area contributed by atoms with Crippen molar-refractivity contribution in [2.75, 3.05) is 12.3 Å². The van der Waals surface area contributed by atoms with Gasteiger partial charge in [-0.05, 0) is 31.0 Å². The summed E-state index contributed by atoms with van der Waals surface area (Å²) in [7, 11) is 0. The van der Waals surface area contributed by atoms with Crippen molar-refractivity contribution < 1.29 is 4.79 Å². The lowest BCUT2D eigenvalue weighted by Crippen LogP contribution is -2.28. The molecule has 0 aliphatic rings. The normalized spacial score (nSPS) is 13.9. The lowest BCUT2D eigenvalue weighted by molar-refractivity contribution is -0.118. The summed E-state index contributed by atoms with van der Waals surface area (Å²) in [5.41, 5.74) is 7.10. The number of pyridine rings is 1. The molecule has 2 atom stereocenters. The zero-order valence-corrected chi connectivity index (χ0v) is 11.7. The van der Waals surface area contributed by atoms with Gasteiger partial charge in [-0.15, -0.1) is 11.8 Å². The van der Waals surface area contributed by atoms with E-state index in [2.05, 4.69) is 10.3 Å². The second kappa shape index (κ2) is 8.11. The van der Waals surface area contributed by atoms with Gasteiger partial charge in [0.15, 0.2) is 0 Å². The van der Waals surface area contributed by atoms with E-state index in [0.717, 1.165) is 18.5 Å². The van der Waals surface area contributed by atoms with Crippen molar-refractivity contribution in [3.05, 3.63) is 30.1 Å². The standard InChI is InChI=1S/C13H21N3OS/c1-3-6-16-12(17)9-18-13(10(2)14)11-4-7-15-8-5-11/h4-5,7-8,10,13H,3,6,9,14H2,1-2H3,(H,16,17). The third kappa shape index (κ3) is 5.06. The highest BCUT2D eigenvalue weighted by Gasteiger charge is 2.17. The molecule has 1 aromatic heterocycles. The van der Waals surface area contributed by atoms with Crippen LogP contribution in [0, 0.1) is 0 Å². The smallest absolute Gasteiger partial charge is 0.230 e. The molecular weight excluding hydrogens is 246 g/mol. The van der Waals surface area contributed by atoms with Crippen LogP contribution in [0.2, 0.25) is 0 Å². The SMILES string of the molecule is CCCNC(=O)CSC(c1ccncc1)C(C)N. The van der Waals surface area contributed by atoms with Gasteiger partial charge in [0, 0.05) is 30.2 Å². The number of aromatic nitrogens is 1. The zero-order valence-electron chi connectivity index (χ0n) is 10.9. The molecule has 1 amide bonds. The summed E-state index contributed by atoms with van der Waals surface area (Å²) < 4.78 is 0. The first-order valence-corrected chi connectivity index (χ1v) is 7.23. The van der Waals surface area contributed by atoms with E-state index in [1.165, 1.54) is 0 Å². The largest absolute Gasteiger partial charge is 0.355 e. The Morgan fingerprint density at radius 1 is 1.50 bits per heavy atom. The molecule has 100 valence electrons. The number of nitrogens with zero attached hydrogens (tertiary/aromatic N) is 1. The Balaban J connectivity index is 2.52. The van der Waals surface area contributed by atoms with Crippen molar-refractivity contribution in [3.63, 3.8) is 0 Å². The number of hydrogen-bond donors (Lipinski definition) is 2. The Morgan fingerprint density at radius 3 is 2.72 bits per heavy atom. The molecule has 5 heteroatoms. The number of hydrogen-bond acceptors (Lipinski definition) is 4. The third-order valence-electron chi connectivity index (χ3n) is 2.48. The van der Waals surface area contributed by atoms with Crippen LogP contribution in [-0.4, -0.2) is 29.2 Å². The molecule has 4 nitrogen and oxygen atoms in total. The third-order valence-corrected chi connectivity index (χ3v) is 3.97. The van der Waals surface area contributed by atoms with Crippen molar-refractivity contribution in [1.29, 1.82) is 0 Å². The maximum Gasteiger partial charge on any atom is 0.230 e. The molecule has 0 saturated heterocycles. The molecule has 0 fully saturated rings. The minimum atomic E-state index is -0.00336. The highest BCUT2D eigenvalue weighted by Crippen LogP contribution is 2.30. The number of nitrogens with one attached hydrogen (secondary N) is 1. The summed E-state index contributed by atoms with van der Waals surface area (Å²) in [6.07, 6.45) is 4.46. The van der Waals surface area contributed by atoms with E-state index in [9.17, 15) is 4.79 Å². The average molecular weight is 267 g/mol. The van der Waals surface area contributed by atoms with Gasteiger partial charge in [-0.3, -0.25) is 9.78 Å². The van der Waals surface area contributed by atoms with Gasteiger partial charge in [0.1, 0.15) is 0 Å². The van der Waals surface area contributed by atoms with Crippen molar-refractivity contribution in [1.82, 2.24) is 10.3 Å². The van der Waals surface area contributed by atoms with Crippen LogP contribution >= 0.6 is 11.8 Å². The predicted octanol–water partition coefficient (Wildman–Crippen LogP) is 1.73. The molecule has 0 spiro atoms. The van der Waals surface area contributed by atoms with E-state index in [4.69, 9.17) is 5.73 Å². The van der Waals surface area contributed by atoms with Gasteiger partial charge in [0.2, 0.25) is 5.91 Å². The maximum absolute atomic E-state index is 11.6. The van der Waals surface area contributed by atoms with E-state index >= 15 is 0 Å². The minimum Gasteiger partial charge on any atom is -0.355 e. The van der Waals surface area contributed by atoms with Crippen LogP contribution in [-0.2, 0) is 4.79 Å². The second-order valence-corrected chi connectivity index (χ2v) is 5.35. The van der Waals surface area contributed by atoms with Gasteiger partial charge in [-0.25, -0.2) is 0 Å². The topological polar surface area (TPSA) is 68.0 Å². The molecule has 1 heterocycles. The number of amides is 1. The molecule has 0 aliphatic heterocycles. The Morgan fingerprint density at radius 2 is 2.17 bits per heavy atom. The number of rotatable bonds is 7. The van der Waals surface area contributed by atoms with Crippen molar-refractivity contribution >= 4 is 17.7 Å². The van der Waals surface area contributed by atoms with Crippen molar-refractivity contribution in [2.45, 2.75) is 31.6 Å². The molecular formula is C13H21N3OS. The molecule has 0 aromatic carbocycles. The van der Waals surface area contributed by atoms with E-state index in [1.54, 1.807) is 24.2 Å². The fraction of sp³-hybridized carbons (Fsp3) is 0.538. The highest BCUT2D eigenvalue weighted by atomic mass is 32.2. The molecule has 18 heavy (non-hydrogen) atoms. The zero-order chi connectivity index (χ0) is 13.4. The van der Waals surface area contributed by atoms with Gasteiger partial charge in [0.25, 0.3) is 0 Å². The van der Waals surface area contributed by atoms with Crippen LogP contribution in [0.1, 0.15) is 31.1 Å². The molecule has 0 bridgehead atoms. The van der Waals surface area contributed by atoms with Gasteiger partial charge in [0.05, 0.1) is 5.75 Å². The summed E-state index contributed by atoms with van der Waals surface area (Å²) in [5, 5.41) is 2.99. The summed E-state index contributed by atoms with van der Waals surface area (Å²) in [6, 6.07) is 3.90. The van der Waals surface area contributed by atoms with Gasteiger partial charge in [-0.1, -0.05) is 6.92 Å². The Labute approximate surface area is 113 Å². The van der Waals surface area contributed by atoms with E-state index in [0.29, 0.717) is 5.75 Å². The Bertz CT molecular complexity index is 357. The van der Waals surface area contributed by atoms with E-state index in [1.807, 2.05) is 26.0 Å². The molecule has 2 unspecified atom stereocenters. The number of thioether (sulfide) groups is 1. The number of carbonyl (C=O) groups is 1. The van der Waals surface area contributed by atoms with Crippen LogP contribution in [0.4, 0.5) is 0 Å². The van der Waals surface area contributed by atoms with Crippen LogP contribution in [0.25, 0.3) is 0 Å². The molecule has 0 aliphatic carbocycles. The monoisotopic (exact) mass is 267 g/mol. The fourth-order valence-electron chi connectivity index (χ4n) is 1.59.